The molecule has 0 bridgehead atoms. The van der Waals surface area contributed by atoms with Crippen molar-refractivity contribution >= 4 is 118 Å². The molecule has 2 aromatic heterocycles. The molecule has 1 aliphatic carbocycles. The summed E-state index contributed by atoms with van der Waals surface area (Å²) in [5, 5.41) is 4.37. The molecule has 5 heterocycles. The van der Waals surface area contributed by atoms with Crippen LogP contribution in [0.1, 0.15) is 12.0 Å². The lowest BCUT2D eigenvalue weighted by Crippen LogP contribution is -2.61. The van der Waals surface area contributed by atoms with E-state index >= 15 is 0 Å². The first-order valence-corrected chi connectivity index (χ1v) is 23.1. The lowest BCUT2D eigenvalue weighted by molar-refractivity contribution is 0.278. The summed E-state index contributed by atoms with van der Waals surface area (Å²) in [6.07, 6.45) is 5.27. The summed E-state index contributed by atoms with van der Waals surface area (Å²) in [6, 6.07) is 71.8. The highest BCUT2D eigenvalue weighted by Crippen LogP contribution is 2.53. The Balaban J connectivity index is 1.13. The minimum absolute atomic E-state index is 0.102. The topological polar surface area (TPSA) is 45.2 Å². The molecule has 0 spiro atoms. The first kappa shape index (κ1) is 36.6. The van der Waals surface area contributed by atoms with Crippen LogP contribution in [0.5, 0.6) is 5.75 Å². The zero-order chi connectivity index (χ0) is 43.7. The Labute approximate surface area is 386 Å². The third-order valence-corrected chi connectivity index (χ3v) is 14.3. The molecule has 3 aliphatic heterocycles. The van der Waals surface area contributed by atoms with Gasteiger partial charge in [-0.05, 0) is 101 Å². The predicted molar refractivity (Wildman–Crippen MR) is 275 cm³/mol. The summed E-state index contributed by atoms with van der Waals surface area (Å²) in [4.78, 5) is 7.47. The zero-order valence-electron chi connectivity index (χ0n) is 36.1. The summed E-state index contributed by atoms with van der Waals surface area (Å²) in [5.41, 5.74) is 19.2. The van der Waals surface area contributed by atoms with Gasteiger partial charge in [0, 0.05) is 56.8 Å². The van der Waals surface area contributed by atoms with Crippen molar-refractivity contribution in [3.63, 3.8) is 0 Å². The summed E-state index contributed by atoms with van der Waals surface area (Å²) in [6.45, 7) is -0.152. The van der Waals surface area contributed by atoms with Crippen molar-refractivity contribution < 1.29 is 13.6 Å². The van der Waals surface area contributed by atoms with Crippen LogP contribution in [0.2, 0.25) is 0 Å². The van der Waals surface area contributed by atoms with Crippen molar-refractivity contribution in [2.75, 3.05) is 14.7 Å². The molecule has 11 aromatic rings. The van der Waals surface area contributed by atoms with E-state index in [4.69, 9.17) is 13.6 Å². The number of allylic oxidation sites excluding steroid dienone is 1. The van der Waals surface area contributed by atoms with E-state index in [9.17, 15) is 0 Å². The number of anilines is 8. The first-order chi connectivity index (χ1) is 33.3. The van der Waals surface area contributed by atoms with Gasteiger partial charge in [0.05, 0.1) is 33.5 Å². The molecule has 15 rings (SSSR count). The standard InChI is InChI=1S/C60H38BN3O3/c1-4-17-37(18-5-1)62(46-26-16-30-52-55(46)41-23-10-13-27-49(41)65-52)40-35-47-58-48(36-40)64(39-21-8-3-9-22-39)60-45(32-34-54-57(60)43-25-12-15-29-51(43)67-54)61(58)44-31-33-53-56(42-24-11-14-28-50(42)66-53)59(44)63(47)38-19-6-2-7-20-38/h1-29,31-36,52H,30H2. The number of furan rings is 2. The van der Waals surface area contributed by atoms with Gasteiger partial charge in [-0.3, -0.25) is 0 Å². The van der Waals surface area contributed by atoms with Gasteiger partial charge < -0.3 is 28.3 Å². The number of hydrogen-bond donors (Lipinski definition) is 0. The van der Waals surface area contributed by atoms with Crippen LogP contribution in [0.3, 0.4) is 0 Å². The second-order valence-electron chi connectivity index (χ2n) is 17.8. The van der Waals surface area contributed by atoms with Crippen LogP contribution in [0.15, 0.2) is 227 Å². The number of para-hydroxylation sites is 6. The number of rotatable bonds is 5. The van der Waals surface area contributed by atoms with Crippen molar-refractivity contribution in [2.45, 2.75) is 12.5 Å². The third kappa shape index (κ3) is 5.16. The summed E-state index contributed by atoms with van der Waals surface area (Å²) in [5.74, 6) is 0.923. The molecule has 1 unspecified atom stereocenters. The van der Waals surface area contributed by atoms with Crippen molar-refractivity contribution in [3.05, 3.63) is 224 Å². The van der Waals surface area contributed by atoms with Crippen LogP contribution in [-0.2, 0) is 0 Å². The molecule has 0 N–H and O–H groups in total. The van der Waals surface area contributed by atoms with Gasteiger partial charge in [0.2, 0.25) is 0 Å². The Kier molecular flexibility index (Phi) is 7.61. The fraction of sp³-hybridized carbons (Fsp3) is 0.0333. The maximum Gasteiger partial charge on any atom is 0.252 e. The van der Waals surface area contributed by atoms with Crippen molar-refractivity contribution in [1.29, 1.82) is 0 Å². The maximum absolute atomic E-state index is 6.72. The normalized spacial score (nSPS) is 15.5. The van der Waals surface area contributed by atoms with E-state index in [1.165, 1.54) is 22.0 Å². The minimum atomic E-state index is -0.152. The largest absolute Gasteiger partial charge is 0.485 e. The van der Waals surface area contributed by atoms with Gasteiger partial charge in [0.25, 0.3) is 6.71 Å². The van der Waals surface area contributed by atoms with Crippen LogP contribution >= 0.6 is 0 Å². The zero-order valence-corrected chi connectivity index (χ0v) is 36.1. The first-order valence-electron chi connectivity index (χ1n) is 23.1. The predicted octanol–water partition coefficient (Wildman–Crippen LogP) is 13.8. The van der Waals surface area contributed by atoms with E-state index in [-0.39, 0.29) is 12.8 Å². The maximum atomic E-state index is 6.72. The van der Waals surface area contributed by atoms with Crippen LogP contribution in [0.25, 0.3) is 49.5 Å². The molecule has 0 fully saturated rings. The Morgan fingerprint density at radius 3 is 1.61 bits per heavy atom. The highest BCUT2D eigenvalue weighted by Gasteiger charge is 2.46. The third-order valence-electron chi connectivity index (χ3n) is 14.3. The molecule has 0 amide bonds. The number of hydrogen-bond acceptors (Lipinski definition) is 6. The lowest BCUT2D eigenvalue weighted by Gasteiger charge is -2.45. The molecule has 67 heavy (non-hydrogen) atoms. The molecule has 6 nitrogen and oxygen atoms in total. The molecule has 9 aromatic carbocycles. The average Bonchev–Trinajstić information content (AvgIpc) is 4.09. The smallest absolute Gasteiger partial charge is 0.252 e. The Bertz CT molecular complexity index is 3730. The number of fused-ring (bicyclic) bond motifs is 15. The van der Waals surface area contributed by atoms with Gasteiger partial charge in [-0.15, -0.1) is 0 Å². The molecule has 314 valence electrons. The highest BCUT2D eigenvalue weighted by molar-refractivity contribution is 7.01. The second kappa shape index (κ2) is 13.9. The highest BCUT2D eigenvalue weighted by atomic mass is 16.5. The summed E-state index contributed by atoms with van der Waals surface area (Å²) >= 11 is 0. The average molecular weight is 860 g/mol. The van der Waals surface area contributed by atoms with Crippen LogP contribution in [0.4, 0.5) is 45.5 Å². The lowest BCUT2D eigenvalue weighted by atomic mass is 9.33. The molecule has 0 saturated heterocycles. The molecule has 1 atom stereocenters. The molecule has 0 saturated carbocycles. The van der Waals surface area contributed by atoms with E-state index < -0.39 is 0 Å². The molecular formula is C60H38BN3O3. The fourth-order valence-corrected chi connectivity index (χ4v) is 11.6. The number of benzene rings is 9. The summed E-state index contributed by atoms with van der Waals surface area (Å²) < 4.78 is 20.2. The Morgan fingerprint density at radius 2 is 1.01 bits per heavy atom. The Hall–Kier alpha value is -8.68. The van der Waals surface area contributed by atoms with Crippen LogP contribution in [-0.4, -0.2) is 12.8 Å². The SMILES string of the molecule is C1=CC(N(c2ccccc2)c2cc3c4c(c2)N(c2ccccc2)c2c(ccc5oc6ccccc6c25)B4c2ccc4oc5ccccc5c4c2N3c2ccccc2)=C2c3ccccc3OC2C1. The van der Waals surface area contributed by atoms with Gasteiger partial charge in [-0.2, -0.15) is 0 Å². The second-order valence-corrected chi connectivity index (χ2v) is 17.8. The van der Waals surface area contributed by atoms with E-state index in [1.807, 2.05) is 0 Å². The van der Waals surface area contributed by atoms with Gasteiger partial charge >= 0.3 is 0 Å². The van der Waals surface area contributed by atoms with Crippen LogP contribution in [0, 0.1) is 0 Å². The van der Waals surface area contributed by atoms with Gasteiger partial charge in [-0.25, -0.2) is 0 Å². The van der Waals surface area contributed by atoms with Gasteiger partial charge in [0.15, 0.2) is 0 Å². The Morgan fingerprint density at radius 1 is 0.493 bits per heavy atom. The monoisotopic (exact) mass is 859 g/mol. The minimum Gasteiger partial charge on any atom is -0.485 e. The summed E-state index contributed by atoms with van der Waals surface area (Å²) in [7, 11) is 0. The van der Waals surface area contributed by atoms with Crippen molar-refractivity contribution in [1.82, 2.24) is 0 Å². The van der Waals surface area contributed by atoms with Crippen molar-refractivity contribution in [3.8, 4) is 5.75 Å². The van der Waals surface area contributed by atoms with E-state index in [0.29, 0.717) is 0 Å². The van der Waals surface area contributed by atoms with Crippen molar-refractivity contribution in [2.24, 2.45) is 0 Å². The fourth-order valence-electron chi connectivity index (χ4n) is 11.6. The van der Waals surface area contributed by atoms with Crippen LogP contribution < -0.4 is 35.8 Å². The van der Waals surface area contributed by atoms with E-state index in [1.54, 1.807) is 0 Å². The van der Waals surface area contributed by atoms with E-state index in [2.05, 4.69) is 227 Å². The van der Waals surface area contributed by atoms with E-state index in [0.717, 1.165) is 113 Å². The molecule has 0 radical (unpaired) electrons. The van der Waals surface area contributed by atoms with Gasteiger partial charge in [-0.1, -0.05) is 127 Å². The molecule has 4 aliphatic rings. The molecule has 7 heteroatoms. The number of ether oxygens (including phenoxy) is 1. The van der Waals surface area contributed by atoms with Gasteiger partial charge in [0.1, 0.15) is 34.2 Å². The quantitative estimate of drug-likeness (QED) is 0.161. The molecular weight excluding hydrogens is 821 g/mol. The number of nitrogens with zero attached hydrogens (tertiary/aromatic N) is 3.